The maximum atomic E-state index is 11.4. The van der Waals surface area contributed by atoms with Crippen LogP contribution in [-0.2, 0) is 0 Å². The van der Waals surface area contributed by atoms with E-state index in [-0.39, 0.29) is 11.4 Å². The van der Waals surface area contributed by atoms with Gasteiger partial charge in [-0.3, -0.25) is 0 Å². The molecule has 20 heavy (non-hydrogen) atoms. The number of tetrazole rings is 1. The van der Waals surface area contributed by atoms with Crippen LogP contribution in [0.2, 0.25) is 0 Å². The number of nitrogens with zero attached hydrogens (tertiary/aromatic N) is 3. The van der Waals surface area contributed by atoms with Crippen LogP contribution in [0.1, 0.15) is 10.4 Å². The average molecular weight is 266 g/mol. The largest absolute Gasteiger partial charge is 0.478 e. The molecule has 0 bridgehead atoms. The van der Waals surface area contributed by atoms with Crippen LogP contribution < -0.4 is 0 Å². The Morgan fingerprint density at radius 3 is 2.50 bits per heavy atom. The van der Waals surface area contributed by atoms with E-state index in [0.717, 1.165) is 11.1 Å². The first-order chi connectivity index (χ1) is 9.77. The van der Waals surface area contributed by atoms with Gasteiger partial charge in [-0.25, -0.2) is 4.79 Å². The van der Waals surface area contributed by atoms with Crippen molar-refractivity contribution in [1.82, 2.24) is 20.6 Å². The molecule has 0 amide bonds. The lowest BCUT2D eigenvalue weighted by molar-refractivity contribution is 0.0697. The van der Waals surface area contributed by atoms with Crippen LogP contribution in [0.15, 0.2) is 48.5 Å². The lowest BCUT2D eigenvalue weighted by Crippen LogP contribution is -2.02. The molecule has 2 N–H and O–H groups in total. The van der Waals surface area contributed by atoms with Crippen molar-refractivity contribution < 1.29 is 9.90 Å². The van der Waals surface area contributed by atoms with Crippen molar-refractivity contribution in [2.24, 2.45) is 0 Å². The number of carboxylic acids is 1. The van der Waals surface area contributed by atoms with Gasteiger partial charge in [0.1, 0.15) is 0 Å². The minimum Gasteiger partial charge on any atom is -0.478 e. The van der Waals surface area contributed by atoms with Gasteiger partial charge in [0.25, 0.3) is 0 Å². The van der Waals surface area contributed by atoms with Crippen molar-refractivity contribution in [3.05, 3.63) is 54.1 Å². The molecule has 6 heteroatoms. The van der Waals surface area contributed by atoms with Gasteiger partial charge in [-0.2, -0.15) is 5.21 Å². The van der Waals surface area contributed by atoms with Crippen molar-refractivity contribution in [3.8, 4) is 22.5 Å². The van der Waals surface area contributed by atoms with Gasteiger partial charge in [0, 0.05) is 5.56 Å². The number of nitrogens with one attached hydrogen (secondary N) is 1. The van der Waals surface area contributed by atoms with Gasteiger partial charge in [-0.05, 0) is 22.4 Å². The molecule has 3 rings (SSSR count). The Kier molecular flexibility index (Phi) is 2.96. The van der Waals surface area contributed by atoms with E-state index < -0.39 is 5.97 Å². The molecular formula is C14H10N4O2. The van der Waals surface area contributed by atoms with Crippen LogP contribution >= 0.6 is 0 Å². The summed E-state index contributed by atoms with van der Waals surface area (Å²) in [6.45, 7) is 0. The number of aromatic carboxylic acids is 1. The number of hydrogen-bond acceptors (Lipinski definition) is 4. The third kappa shape index (κ3) is 2.03. The van der Waals surface area contributed by atoms with Crippen LogP contribution in [0.3, 0.4) is 0 Å². The van der Waals surface area contributed by atoms with E-state index in [0.29, 0.717) is 5.56 Å². The minimum atomic E-state index is -1.03. The van der Waals surface area contributed by atoms with Crippen molar-refractivity contribution in [2.45, 2.75) is 0 Å². The Labute approximate surface area is 114 Å². The highest BCUT2D eigenvalue weighted by Gasteiger charge is 2.19. The zero-order valence-electron chi connectivity index (χ0n) is 10.3. The number of hydrogen-bond donors (Lipinski definition) is 2. The van der Waals surface area contributed by atoms with E-state index in [4.69, 9.17) is 0 Å². The predicted octanol–water partition coefficient (Wildman–Crippen LogP) is 2.23. The van der Waals surface area contributed by atoms with Gasteiger partial charge < -0.3 is 5.11 Å². The number of H-pyrrole nitrogens is 1. The Hall–Kier alpha value is -3.02. The highest BCUT2D eigenvalue weighted by Crippen LogP contribution is 2.32. The van der Waals surface area contributed by atoms with Crippen LogP contribution in [0.25, 0.3) is 22.5 Å². The smallest absolute Gasteiger partial charge is 0.336 e. The molecule has 0 saturated carbocycles. The van der Waals surface area contributed by atoms with E-state index in [1.165, 1.54) is 6.07 Å². The van der Waals surface area contributed by atoms with Crippen LogP contribution in [-0.4, -0.2) is 31.7 Å². The fourth-order valence-corrected chi connectivity index (χ4v) is 2.10. The van der Waals surface area contributed by atoms with Crippen molar-refractivity contribution in [3.63, 3.8) is 0 Å². The van der Waals surface area contributed by atoms with Crippen LogP contribution in [0, 0.1) is 0 Å². The maximum Gasteiger partial charge on any atom is 0.336 e. The SMILES string of the molecule is O=C(O)c1cccc(-c2ccccc2)c1-c1nn[nH]n1. The molecule has 1 aromatic heterocycles. The van der Waals surface area contributed by atoms with Crippen molar-refractivity contribution in [1.29, 1.82) is 0 Å². The van der Waals surface area contributed by atoms with Crippen LogP contribution in [0.5, 0.6) is 0 Å². The molecule has 0 unspecified atom stereocenters. The Morgan fingerprint density at radius 1 is 1.05 bits per heavy atom. The average Bonchev–Trinajstić information content (AvgIpc) is 3.01. The molecule has 1 heterocycles. The number of rotatable bonds is 3. The lowest BCUT2D eigenvalue weighted by Gasteiger charge is -2.09. The summed E-state index contributed by atoms with van der Waals surface area (Å²) in [5.41, 5.74) is 2.26. The Bertz CT molecular complexity index is 739. The summed E-state index contributed by atoms with van der Waals surface area (Å²) in [4.78, 5) is 11.4. The molecule has 0 aliphatic heterocycles. The van der Waals surface area contributed by atoms with Gasteiger partial charge in [0.05, 0.1) is 5.56 Å². The Morgan fingerprint density at radius 2 is 1.85 bits per heavy atom. The van der Waals surface area contributed by atoms with E-state index in [1.54, 1.807) is 6.07 Å². The summed E-state index contributed by atoms with van der Waals surface area (Å²) in [5.74, 6) is -0.760. The molecule has 0 spiro atoms. The second-order valence-electron chi connectivity index (χ2n) is 4.13. The summed E-state index contributed by atoms with van der Waals surface area (Å²) in [6.07, 6.45) is 0. The first-order valence-corrected chi connectivity index (χ1v) is 5.93. The number of aromatic amines is 1. The lowest BCUT2D eigenvalue weighted by atomic mass is 9.95. The summed E-state index contributed by atoms with van der Waals surface area (Å²) < 4.78 is 0. The first-order valence-electron chi connectivity index (χ1n) is 5.93. The molecule has 0 aliphatic carbocycles. The second kappa shape index (κ2) is 4.93. The second-order valence-corrected chi connectivity index (χ2v) is 4.13. The quantitative estimate of drug-likeness (QED) is 0.758. The number of benzene rings is 2. The maximum absolute atomic E-state index is 11.4. The van der Waals surface area contributed by atoms with E-state index in [2.05, 4.69) is 20.6 Å². The molecule has 0 atom stereocenters. The number of carbonyl (C=O) groups is 1. The minimum absolute atomic E-state index is 0.146. The van der Waals surface area contributed by atoms with Gasteiger partial charge >= 0.3 is 5.97 Å². The fraction of sp³-hybridized carbons (Fsp3) is 0. The predicted molar refractivity (Wildman–Crippen MR) is 72.0 cm³/mol. The summed E-state index contributed by atoms with van der Waals surface area (Å²) in [6, 6.07) is 14.6. The third-order valence-electron chi connectivity index (χ3n) is 2.95. The summed E-state index contributed by atoms with van der Waals surface area (Å²) in [7, 11) is 0. The van der Waals surface area contributed by atoms with Gasteiger partial charge in [-0.1, -0.05) is 42.5 Å². The first kappa shape index (κ1) is 12.0. The number of carboxylic acid groups (broad SMARTS) is 1. The topological polar surface area (TPSA) is 91.8 Å². The monoisotopic (exact) mass is 266 g/mol. The van der Waals surface area contributed by atoms with Crippen molar-refractivity contribution in [2.75, 3.05) is 0 Å². The zero-order chi connectivity index (χ0) is 13.9. The molecule has 2 aromatic carbocycles. The fourth-order valence-electron chi connectivity index (χ4n) is 2.10. The zero-order valence-corrected chi connectivity index (χ0v) is 10.3. The van der Waals surface area contributed by atoms with Gasteiger partial charge in [-0.15, -0.1) is 10.2 Å². The number of aromatic nitrogens is 4. The normalized spacial score (nSPS) is 10.4. The molecule has 0 fully saturated rings. The Balaban J connectivity index is 2.30. The summed E-state index contributed by atoms with van der Waals surface area (Å²) >= 11 is 0. The van der Waals surface area contributed by atoms with Gasteiger partial charge in [0.15, 0.2) is 0 Å². The highest BCUT2D eigenvalue weighted by molar-refractivity contribution is 5.99. The third-order valence-corrected chi connectivity index (χ3v) is 2.95. The van der Waals surface area contributed by atoms with E-state index in [9.17, 15) is 9.90 Å². The standard InChI is InChI=1S/C14H10N4O2/c19-14(20)11-8-4-7-10(9-5-2-1-3-6-9)12(11)13-15-17-18-16-13/h1-8H,(H,19,20)(H,15,16,17,18). The molecule has 6 nitrogen and oxygen atoms in total. The van der Waals surface area contributed by atoms with Gasteiger partial charge in [0.2, 0.25) is 5.82 Å². The van der Waals surface area contributed by atoms with E-state index >= 15 is 0 Å². The summed E-state index contributed by atoms with van der Waals surface area (Å²) in [5, 5.41) is 23.0. The molecule has 3 aromatic rings. The van der Waals surface area contributed by atoms with E-state index in [1.807, 2.05) is 36.4 Å². The molecule has 0 radical (unpaired) electrons. The molecule has 98 valence electrons. The molecular weight excluding hydrogens is 256 g/mol. The molecule has 0 saturated heterocycles. The van der Waals surface area contributed by atoms with Crippen LogP contribution in [0.4, 0.5) is 0 Å². The van der Waals surface area contributed by atoms with Crippen molar-refractivity contribution >= 4 is 5.97 Å². The highest BCUT2D eigenvalue weighted by atomic mass is 16.4. The molecule has 0 aliphatic rings.